The predicted molar refractivity (Wildman–Crippen MR) is 152 cm³/mol. The van der Waals surface area contributed by atoms with E-state index in [9.17, 15) is 9.59 Å². The van der Waals surface area contributed by atoms with Gasteiger partial charge < -0.3 is 25.6 Å². The highest BCUT2D eigenvalue weighted by Gasteiger charge is 2.28. The number of ether oxygens (including phenoxy) is 1. The monoisotopic (exact) mass is 512 g/mol. The first-order valence-electron chi connectivity index (χ1n) is 13.6. The van der Waals surface area contributed by atoms with E-state index in [0.717, 1.165) is 56.6 Å². The summed E-state index contributed by atoms with van der Waals surface area (Å²) >= 11 is 0. The summed E-state index contributed by atoms with van der Waals surface area (Å²) in [5.41, 5.74) is 4.16. The highest BCUT2D eigenvalue weighted by Crippen LogP contribution is 2.31. The number of nitrogens with one attached hydrogen (secondary N) is 3. The molecule has 1 aliphatic carbocycles. The fraction of sp³-hybridized carbons (Fsp3) is 0.355. The average molecular weight is 513 g/mol. The molecule has 0 aromatic heterocycles. The number of rotatable bonds is 9. The molecule has 38 heavy (non-hydrogen) atoms. The van der Waals surface area contributed by atoms with Crippen molar-refractivity contribution < 1.29 is 14.3 Å². The van der Waals surface area contributed by atoms with Crippen LogP contribution < -0.4 is 25.6 Å². The largest absolute Gasteiger partial charge is 0.494 e. The van der Waals surface area contributed by atoms with Crippen LogP contribution in [-0.2, 0) is 6.42 Å². The standard InChI is InChI=1S/C31H36N4O3/c1-2-38-27-13-10-25(11-14-27)33-31(37)34-26-12-15-29(28(21-26)30(36)32-24-8-9-24)35-18-16-23(17-19-35)20-22-6-4-3-5-7-22/h3-7,10-15,21,23-24H,2,8-9,16-20H2,1H3,(H,32,36)(H2,33,34,37). The Labute approximate surface area is 224 Å². The Morgan fingerprint density at radius 1 is 0.868 bits per heavy atom. The lowest BCUT2D eigenvalue weighted by Crippen LogP contribution is -2.36. The summed E-state index contributed by atoms with van der Waals surface area (Å²) in [6.45, 7) is 4.34. The van der Waals surface area contributed by atoms with E-state index in [4.69, 9.17) is 4.74 Å². The van der Waals surface area contributed by atoms with Crippen LogP contribution in [0.1, 0.15) is 48.5 Å². The van der Waals surface area contributed by atoms with Crippen LogP contribution in [0.5, 0.6) is 5.75 Å². The van der Waals surface area contributed by atoms with Crippen LogP contribution in [0.25, 0.3) is 0 Å². The van der Waals surface area contributed by atoms with Gasteiger partial charge in [-0.25, -0.2) is 4.79 Å². The highest BCUT2D eigenvalue weighted by molar-refractivity contribution is 6.04. The van der Waals surface area contributed by atoms with E-state index in [-0.39, 0.29) is 18.0 Å². The van der Waals surface area contributed by atoms with Gasteiger partial charge in [0.1, 0.15) is 5.75 Å². The van der Waals surface area contributed by atoms with Gasteiger partial charge in [-0.2, -0.15) is 0 Å². The molecule has 3 aromatic carbocycles. The van der Waals surface area contributed by atoms with Crippen molar-refractivity contribution in [1.82, 2.24) is 5.32 Å². The quantitative estimate of drug-likeness (QED) is 0.324. The molecule has 3 N–H and O–H groups in total. The number of hydrogen-bond acceptors (Lipinski definition) is 4. The lowest BCUT2D eigenvalue weighted by atomic mass is 9.89. The van der Waals surface area contributed by atoms with E-state index in [0.29, 0.717) is 29.5 Å². The predicted octanol–water partition coefficient (Wildman–Crippen LogP) is 6.08. The molecule has 1 saturated heterocycles. The molecule has 0 spiro atoms. The lowest BCUT2D eigenvalue weighted by Gasteiger charge is -2.35. The van der Waals surface area contributed by atoms with Gasteiger partial charge in [0.2, 0.25) is 0 Å². The molecule has 0 unspecified atom stereocenters. The van der Waals surface area contributed by atoms with Crippen molar-refractivity contribution in [2.75, 3.05) is 35.2 Å². The second-order valence-electron chi connectivity index (χ2n) is 10.1. The van der Waals surface area contributed by atoms with Gasteiger partial charge in [0.05, 0.1) is 12.2 Å². The van der Waals surface area contributed by atoms with Crippen LogP contribution >= 0.6 is 0 Å². The second kappa shape index (κ2) is 12.0. The lowest BCUT2D eigenvalue weighted by molar-refractivity contribution is 0.0951. The van der Waals surface area contributed by atoms with E-state index in [1.165, 1.54) is 5.56 Å². The number of urea groups is 1. The number of carbonyl (C=O) groups is 2. The minimum absolute atomic E-state index is 0.0792. The maximum atomic E-state index is 13.2. The first-order valence-corrected chi connectivity index (χ1v) is 13.6. The summed E-state index contributed by atoms with van der Waals surface area (Å²) in [6.07, 6.45) is 5.31. The number of amides is 3. The molecule has 3 amide bonds. The summed E-state index contributed by atoms with van der Waals surface area (Å²) in [5.74, 6) is 1.32. The fourth-order valence-electron chi connectivity index (χ4n) is 4.98. The zero-order valence-electron chi connectivity index (χ0n) is 21.9. The van der Waals surface area contributed by atoms with Crippen molar-refractivity contribution in [3.8, 4) is 5.75 Å². The van der Waals surface area contributed by atoms with Gasteiger partial charge in [-0.3, -0.25) is 4.79 Å². The number of nitrogens with zero attached hydrogens (tertiary/aromatic N) is 1. The number of anilines is 3. The van der Waals surface area contributed by atoms with Crippen molar-refractivity contribution in [3.05, 3.63) is 83.9 Å². The van der Waals surface area contributed by atoms with Gasteiger partial charge in [-0.15, -0.1) is 0 Å². The molecular formula is C31H36N4O3. The van der Waals surface area contributed by atoms with Gasteiger partial charge in [-0.1, -0.05) is 30.3 Å². The van der Waals surface area contributed by atoms with Crippen LogP contribution in [0.15, 0.2) is 72.8 Å². The molecule has 1 saturated carbocycles. The second-order valence-corrected chi connectivity index (χ2v) is 10.1. The Morgan fingerprint density at radius 2 is 1.55 bits per heavy atom. The van der Waals surface area contributed by atoms with Gasteiger partial charge in [0.15, 0.2) is 0 Å². The molecular weight excluding hydrogens is 476 g/mol. The molecule has 5 rings (SSSR count). The smallest absolute Gasteiger partial charge is 0.323 e. The van der Waals surface area contributed by atoms with E-state index >= 15 is 0 Å². The summed E-state index contributed by atoms with van der Waals surface area (Å²) in [5, 5.41) is 8.84. The minimum atomic E-state index is -0.364. The third kappa shape index (κ3) is 6.85. The summed E-state index contributed by atoms with van der Waals surface area (Å²) in [4.78, 5) is 28.2. The van der Waals surface area contributed by atoms with Gasteiger partial charge in [0, 0.05) is 36.2 Å². The van der Waals surface area contributed by atoms with Gasteiger partial charge >= 0.3 is 6.03 Å². The topological polar surface area (TPSA) is 82.7 Å². The third-order valence-electron chi connectivity index (χ3n) is 7.16. The Morgan fingerprint density at radius 3 is 2.24 bits per heavy atom. The number of carbonyl (C=O) groups excluding carboxylic acids is 2. The molecule has 7 heteroatoms. The highest BCUT2D eigenvalue weighted by atomic mass is 16.5. The first kappa shape index (κ1) is 25.6. The Bertz CT molecular complexity index is 1230. The zero-order chi connectivity index (χ0) is 26.3. The molecule has 198 valence electrons. The Kier molecular flexibility index (Phi) is 8.12. The van der Waals surface area contributed by atoms with E-state index in [1.807, 2.05) is 31.2 Å². The summed E-state index contributed by atoms with van der Waals surface area (Å²) < 4.78 is 5.45. The summed E-state index contributed by atoms with van der Waals surface area (Å²) in [7, 11) is 0. The summed E-state index contributed by atoms with van der Waals surface area (Å²) in [6, 6.07) is 23.4. The van der Waals surface area contributed by atoms with Crippen LogP contribution in [-0.4, -0.2) is 37.7 Å². The van der Waals surface area contributed by atoms with Crippen LogP contribution in [0.4, 0.5) is 21.9 Å². The van der Waals surface area contributed by atoms with Crippen LogP contribution in [0, 0.1) is 5.92 Å². The van der Waals surface area contributed by atoms with Crippen molar-refractivity contribution >= 4 is 29.0 Å². The maximum absolute atomic E-state index is 13.2. The number of hydrogen-bond donors (Lipinski definition) is 3. The Hall–Kier alpha value is -4.00. The molecule has 2 aliphatic rings. The third-order valence-corrected chi connectivity index (χ3v) is 7.16. The van der Waals surface area contributed by atoms with Crippen LogP contribution in [0.3, 0.4) is 0 Å². The van der Waals surface area contributed by atoms with Crippen molar-refractivity contribution in [3.63, 3.8) is 0 Å². The normalized spacial score (nSPS) is 15.6. The average Bonchev–Trinajstić information content (AvgIpc) is 3.75. The maximum Gasteiger partial charge on any atom is 0.323 e. The molecule has 7 nitrogen and oxygen atoms in total. The van der Waals surface area contributed by atoms with Gasteiger partial charge in [0.25, 0.3) is 5.91 Å². The number of benzene rings is 3. The minimum Gasteiger partial charge on any atom is -0.494 e. The molecule has 0 radical (unpaired) electrons. The Balaban J connectivity index is 1.25. The molecule has 1 heterocycles. The molecule has 0 atom stereocenters. The fourth-order valence-corrected chi connectivity index (χ4v) is 4.98. The number of piperidine rings is 1. The van der Waals surface area contributed by atoms with Crippen molar-refractivity contribution in [2.45, 2.75) is 45.1 Å². The van der Waals surface area contributed by atoms with E-state index in [2.05, 4.69) is 51.2 Å². The molecule has 2 fully saturated rings. The van der Waals surface area contributed by atoms with Crippen molar-refractivity contribution in [2.24, 2.45) is 5.92 Å². The van der Waals surface area contributed by atoms with Gasteiger partial charge in [-0.05, 0) is 93.0 Å². The van der Waals surface area contributed by atoms with Crippen molar-refractivity contribution in [1.29, 1.82) is 0 Å². The van der Waals surface area contributed by atoms with E-state index < -0.39 is 0 Å². The molecule has 3 aromatic rings. The molecule has 1 aliphatic heterocycles. The zero-order valence-corrected chi connectivity index (χ0v) is 21.9. The molecule has 0 bridgehead atoms. The van der Waals surface area contributed by atoms with E-state index in [1.54, 1.807) is 18.2 Å². The van der Waals surface area contributed by atoms with Crippen LogP contribution in [0.2, 0.25) is 0 Å². The first-order chi connectivity index (χ1) is 18.6. The SMILES string of the molecule is CCOc1ccc(NC(=O)Nc2ccc(N3CCC(Cc4ccccc4)CC3)c(C(=O)NC3CC3)c2)cc1.